The number of para-hydroxylation sites is 1. The maximum Gasteiger partial charge on any atom is 0.178 e. The van der Waals surface area contributed by atoms with Gasteiger partial charge in [0, 0.05) is 16.2 Å². The highest BCUT2D eigenvalue weighted by Gasteiger charge is 2.19. The number of fused-ring (bicyclic) bond motifs is 7. The molecule has 0 unspecified atom stereocenters. The predicted molar refractivity (Wildman–Crippen MR) is 175 cm³/mol. The van der Waals surface area contributed by atoms with Crippen LogP contribution < -0.4 is 0 Å². The van der Waals surface area contributed by atoms with Gasteiger partial charge in [0.15, 0.2) is 11.2 Å². The van der Waals surface area contributed by atoms with Gasteiger partial charge >= 0.3 is 0 Å². The van der Waals surface area contributed by atoms with Crippen molar-refractivity contribution in [3.8, 4) is 33.4 Å². The monoisotopic (exact) mass is 544 g/mol. The van der Waals surface area contributed by atoms with Gasteiger partial charge in [-0.3, -0.25) is 0 Å². The minimum atomic E-state index is -0.428. The van der Waals surface area contributed by atoms with E-state index < -0.39 is 24.2 Å². The molecule has 196 valence electrons. The number of hydrogen-bond donors (Lipinski definition) is 0. The van der Waals surface area contributed by atoms with E-state index >= 15 is 0 Å². The molecule has 0 bridgehead atoms. The van der Waals surface area contributed by atoms with Crippen LogP contribution in [-0.4, -0.2) is 0 Å². The van der Waals surface area contributed by atoms with Crippen LogP contribution in [0.1, 0.15) is 11.0 Å². The fraction of sp³-hybridized carbons (Fsp3) is 0. The molecule has 7 aromatic carbocycles. The van der Waals surface area contributed by atoms with Crippen LogP contribution in [0.25, 0.3) is 87.8 Å². The van der Waals surface area contributed by atoms with E-state index in [9.17, 15) is 0 Å². The second-order valence-electron chi connectivity index (χ2n) is 10.3. The van der Waals surface area contributed by atoms with E-state index in [1.807, 2.05) is 60.7 Å². The first-order chi connectivity index (χ1) is 24.2. The van der Waals surface area contributed by atoms with Gasteiger partial charge in [-0.05, 0) is 73.1 Å². The van der Waals surface area contributed by atoms with Crippen LogP contribution >= 0.6 is 0 Å². The third-order valence-corrected chi connectivity index (χ3v) is 8.01. The zero-order valence-electron chi connectivity index (χ0n) is 30.1. The van der Waals surface area contributed by atoms with E-state index in [2.05, 4.69) is 6.07 Å². The summed E-state index contributed by atoms with van der Waals surface area (Å²) in [5.74, 6) is 0. The highest BCUT2D eigenvalue weighted by atomic mass is 16.4. The molecular weight excluding hydrogens is 512 g/mol. The molecule has 0 spiro atoms. The van der Waals surface area contributed by atoms with Gasteiger partial charge in [0.25, 0.3) is 0 Å². The Bertz CT molecular complexity index is 2810. The van der Waals surface area contributed by atoms with Gasteiger partial charge in [0.05, 0.1) is 17.2 Å². The lowest BCUT2D eigenvalue weighted by Crippen LogP contribution is -1.90. The highest BCUT2D eigenvalue weighted by Crippen LogP contribution is 2.45. The lowest BCUT2D eigenvalue weighted by atomic mass is 9.85. The van der Waals surface area contributed by atoms with Gasteiger partial charge in [-0.25, -0.2) is 0 Å². The minimum Gasteiger partial charge on any atom is -0.460 e. The topological polar surface area (TPSA) is 26.3 Å². The Morgan fingerprint density at radius 3 is 1.69 bits per heavy atom. The van der Waals surface area contributed by atoms with E-state index in [4.69, 9.17) is 19.8 Å². The average Bonchev–Trinajstić information content (AvgIpc) is 3.79. The van der Waals surface area contributed by atoms with E-state index in [0.29, 0.717) is 33.4 Å². The Morgan fingerprint density at radius 1 is 0.452 bits per heavy atom. The Balaban J connectivity index is 1.39. The molecule has 42 heavy (non-hydrogen) atoms. The molecule has 2 nitrogen and oxygen atoms in total. The van der Waals surface area contributed by atoms with Crippen LogP contribution in [0.3, 0.4) is 0 Å². The first-order valence-electron chi connectivity index (χ1n) is 17.6. The summed E-state index contributed by atoms with van der Waals surface area (Å²) in [4.78, 5) is 0. The maximum absolute atomic E-state index is 9.14. The van der Waals surface area contributed by atoms with Crippen molar-refractivity contribution in [3.63, 3.8) is 0 Å². The molecule has 2 heteroatoms. The Hall–Kier alpha value is -5.60. The van der Waals surface area contributed by atoms with Gasteiger partial charge in [-0.2, -0.15) is 0 Å². The summed E-state index contributed by atoms with van der Waals surface area (Å²) in [6.45, 7) is 0. The third kappa shape index (κ3) is 3.33. The number of hydrogen-bond acceptors (Lipinski definition) is 2. The Labute approximate surface area is 253 Å². The van der Waals surface area contributed by atoms with Crippen molar-refractivity contribution in [2.75, 3.05) is 0 Å². The molecule has 0 aliphatic rings. The average molecular weight is 545 g/mol. The number of furan rings is 2. The molecule has 0 radical (unpaired) electrons. The lowest BCUT2D eigenvalue weighted by Gasteiger charge is -2.18. The standard InChI is InChI=1S/C40H24O2/c1-2-10-26(11-3-1)37-29-13-4-6-15-31(29)38(32-16-7-5-14-30(32)37)27-20-18-25(19-21-27)34-24-35-28-12-8-9-17-36(28)42-40(35)39-33(34)22-23-41-39/h1-24H/i4D,5D,6D,7D,13D,14D,15D,16D. The van der Waals surface area contributed by atoms with Gasteiger partial charge in [-0.1, -0.05) is 121 Å². The Kier molecular flexibility index (Phi) is 3.54. The molecule has 0 aliphatic carbocycles. The third-order valence-electron chi connectivity index (χ3n) is 8.01. The van der Waals surface area contributed by atoms with Crippen LogP contribution in [0.2, 0.25) is 0 Å². The fourth-order valence-corrected chi connectivity index (χ4v) is 6.16. The van der Waals surface area contributed by atoms with E-state index in [0.717, 1.165) is 32.9 Å². The van der Waals surface area contributed by atoms with E-state index in [1.165, 1.54) is 0 Å². The van der Waals surface area contributed by atoms with Crippen LogP contribution in [-0.2, 0) is 0 Å². The van der Waals surface area contributed by atoms with Crippen molar-refractivity contribution in [2.45, 2.75) is 0 Å². The molecule has 9 rings (SSSR count). The van der Waals surface area contributed by atoms with Gasteiger partial charge in [0.2, 0.25) is 0 Å². The second-order valence-corrected chi connectivity index (χ2v) is 10.3. The number of rotatable bonds is 3. The summed E-state index contributed by atoms with van der Waals surface area (Å²) in [7, 11) is 0. The molecule has 0 saturated carbocycles. The van der Waals surface area contributed by atoms with Crippen molar-refractivity contribution >= 4 is 54.5 Å². The molecule has 2 heterocycles. The summed E-state index contributed by atoms with van der Waals surface area (Å²) < 4.78 is 83.0. The van der Waals surface area contributed by atoms with Crippen molar-refractivity contribution in [2.24, 2.45) is 0 Å². The summed E-state index contributed by atoms with van der Waals surface area (Å²) in [5.41, 5.74) is 5.54. The molecule has 0 atom stereocenters. The molecule has 0 saturated heterocycles. The van der Waals surface area contributed by atoms with E-state index in [-0.39, 0.29) is 45.7 Å². The van der Waals surface area contributed by atoms with Gasteiger partial charge in [-0.15, -0.1) is 0 Å². The quantitative estimate of drug-likeness (QED) is 0.207. The SMILES string of the molecule is [2H]c1c([2H])c([2H])c2c(-c3ccc(-c4cc5c6ccccc6oc5c5occc45)cc3)c3c([2H])c([2H])c([2H])c([2H])c3c(-c3ccccc3)c2c1[2H]. The van der Waals surface area contributed by atoms with E-state index in [1.54, 1.807) is 30.5 Å². The van der Waals surface area contributed by atoms with Crippen LogP contribution in [0.15, 0.2) is 154 Å². The summed E-state index contributed by atoms with van der Waals surface area (Å²) in [5, 5.41) is 3.47. The fourth-order valence-electron chi connectivity index (χ4n) is 6.16. The molecule has 9 aromatic rings. The molecular formula is C40H24O2. The lowest BCUT2D eigenvalue weighted by molar-refractivity contribution is 0.600. The zero-order valence-corrected chi connectivity index (χ0v) is 22.1. The molecule has 0 fully saturated rings. The van der Waals surface area contributed by atoms with Crippen molar-refractivity contribution in [1.29, 1.82) is 0 Å². The number of benzene rings is 7. The van der Waals surface area contributed by atoms with Crippen molar-refractivity contribution < 1.29 is 19.8 Å². The normalized spacial score (nSPS) is 14.5. The Morgan fingerprint density at radius 2 is 1.02 bits per heavy atom. The zero-order chi connectivity index (χ0) is 34.6. The minimum absolute atomic E-state index is 0.184. The van der Waals surface area contributed by atoms with Crippen LogP contribution in [0.5, 0.6) is 0 Å². The van der Waals surface area contributed by atoms with Crippen LogP contribution in [0.4, 0.5) is 0 Å². The van der Waals surface area contributed by atoms with Gasteiger partial charge in [0.1, 0.15) is 5.58 Å². The predicted octanol–water partition coefficient (Wildman–Crippen LogP) is 11.6. The molecule has 0 aliphatic heterocycles. The summed E-state index contributed by atoms with van der Waals surface area (Å²) >= 11 is 0. The van der Waals surface area contributed by atoms with Crippen molar-refractivity contribution in [1.82, 2.24) is 0 Å². The maximum atomic E-state index is 9.14. The first kappa shape index (κ1) is 16.6. The highest BCUT2D eigenvalue weighted by molar-refractivity contribution is 6.22. The van der Waals surface area contributed by atoms with Crippen molar-refractivity contribution in [3.05, 3.63) is 146 Å². The molecule has 2 aromatic heterocycles. The first-order valence-corrected chi connectivity index (χ1v) is 13.6. The summed E-state index contributed by atoms with van der Waals surface area (Å²) in [6.07, 6.45) is 1.63. The smallest absolute Gasteiger partial charge is 0.178 e. The largest absolute Gasteiger partial charge is 0.460 e. The molecule has 0 N–H and O–H groups in total. The summed E-state index contributed by atoms with van der Waals surface area (Å²) in [6, 6.07) is 25.3. The molecule has 0 amide bonds. The second kappa shape index (κ2) is 8.95. The van der Waals surface area contributed by atoms with Crippen LogP contribution in [0, 0.1) is 0 Å². The van der Waals surface area contributed by atoms with Gasteiger partial charge < -0.3 is 8.83 Å².